The molecule has 0 aliphatic heterocycles. The largest absolute Gasteiger partial charge is 0.495 e. The first-order valence-corrected chi connectivity index (χ1v) is 9.03. The average molecular weight is 413 g/mol. The van der Waals surface area contributed by atoms with Crippen LogP contribution in [0.4, 0.5) is 0 Å². The first-order valence-electron chi connectivity index (χ1n) is 7.45. The topological polar surface area (TPSA) is 80.6 Å². The van der Waals surface area contributed by atoms with Gasteiger partial charge in [-0.3, -0.25) is 20.4 Å². The van der Waals surface area contributed by atoms with Crippen LogP contribution in [0.5, 0.6) is 5.75 Å². The van der Waals surface area contributed by atoms with E-state index in [1.807, 2.05) is 0 Å². The fraction of sp³-hybridized carbons (Fsp3) is 0.176. The maximum atomic E-state index is 12.4. The lowest BCUT2D eigenvalue weighted by molar-refractivity contribution is 0.0848. The Balaban J connectivity index is 1.82. The number of fused-ring (bicyclic) bond motifs is 1. The molecule has 3 aromatic rings. The summed E-state index contributed by atoms with van der Waals surface area (Å²) in [5.74, 6) is 0.536. The lowest BCUT2D eigenvalue weighted by Gasteiger charge is -2.05. The summed E-state index contributed by atoms with van der Waals surface area (Å²) < 4.78 is 11.1. The van der Waals surface area contributed by atoms with E-state index >= 15 is 0 Å². The zero-order chi connectivity index (χ0) is 19.0. The SMILES string of the molecule is COc1ccc2c(Cl)c(C(=O)NNC(=O)c3cc(C)oc3C)sc2c1Cl. The van der Waals surface area contributed by atoms with Crippen molar-refractivity contribution in [3.05, 3.63) is 50.2 Å². The fourth-order valence-electron chi connectivity index (χ4n) is 2.48. The van der Waals surface area contributed by atoms with Gasteiger partial charge in [-0.2, -0.15) is 0 Å². The van der Waals surface area contributed by atoms with Gasteiger partial charge in [0.15, 0.2) is 0 Å². The van der Waals surface area contributed by atoms with E-state index in [0.29, 0.717) is 37.9 Å². The van der Waals surface area contributed by atoms with Crippen molar-refractivity contribution >= 4 is 56.4 Å². The number of carbonyl (C=O) groups excluding carboxylic acids is 2. The van der Waals surface area contributed by atoms with Gasteiger partial charge in [0.05, 0.1) is 22.4 Å². The Morgan fingerprint density at radius 3 is 2.42 bits per heavy atom. The number of aryl methyl sites for hydroxylation is 2. The van der Waals surface area contributed by atoms with Crippen LogP contribution in [0.15, 0.2) is 22.6 Å². The van der Waals surface area contributed by atoms with Crippen LogP contribution in [0, 0.1) is 13.8 Å². The van der Waals surface area contributed by atoms with Gasteiger partial charge in [0, 0.05) is 5.39 Å². The van der Waals surface area contributed by atoms with Crippen molar-refractivity contribution in [2.75, 3.05) is 7.11 Å². The van der Waals surface area contributed by atoms with E-state index in [1.54, 1.807) is 32.0 Å². The maximum Gasteiger partial charge on any atom is 0.281 e. The highest BCUT2D eigenvalue weighted by Gasteiger charge is 2.21. The molecule has 0 radical (unpaired) electrons. The molecule has 0 fully saturated rings. The highest BCUT2D eigenvalue weighted by atomic mass is 35.5. The Bertz CT molecular complexity index is 1030. The van der Waals surface area contributed by atoms with Crippen molar-refractivity contribution in [2.45, 2.75) is 13.8 Å². The molecule has 0 atom stereocenters. The summed E-state index contributed by atoms with van der Waals surface area (Å²) >= 11 is 13.7. The van der Waals surface area contributed by atoms with Gasteiger partial charge in [-0.25, -0.2) is 0 Å². The number of hydrogen-bond acceptors (Lipinski definition) is 5. The second kappa shape index (κ2) is 7.19. The number of rotatable bonds is 3. The minimum absolute atomic E-state index is 0.234. The molecule has 3 rings (SSSR count). The minimum atomic E-state index is -0.544. The predicted octanol–water partition coefficient (Wildman–Crippen LogP) is 4.50. The molecule has 0 saturated heterocycles. The number of hydrogen-bond donors (Lipinski definition) is 2. The Kier molecular flexibility index (Phi) is 5.13. The van der Waals surface area contributed by atoms with E-state index in [-0.39, 0.29) is 9.90 Å². The third-order valence-corrected chi connectivity index (χ3v) is 5.92. The second-order valence-electron chi connectivity index (χ2n) is 5.44. The summed E-state index contributed by atoms with van der Waals surface area (Å²) in [6, 6.07) is 5.00. The molecule has 2 amide bonds. The number of methoxy groups -OCH3 is 1. The van der Waals surface area contributed by atoms with Crippen molar-refractivity contribution in [1.82, 2.24) is 10.9 Å². The van der Waals surface area contributed by atoms with Crippen molar-refractivity contribution in [1.29, 1.82) is 0 Å². The molecule has 0 aliphatic carbocycles. The van der Waals surface area contributed by atoms with E-state index in [2.05, 4.69) is 10.9 Å². The van der Waals surface area contributed by atoms with Crippen LogP contribution in [0.1, 0.15) is 31.6 Å². The molecule has 0 aliphatic rings. The lowest BCUT2D eigenvalue weighted by atomic mass is 10.2. The standard InChI is InChI=1S/C17H14Cl2N2O4S/c1-7-6-10(8(2)25-7)16(22)20-21-17(23)15-12(18)9-4-5-11(24-3)13(19)14(9)26-15/h4-6H,1-3H3,(H,20,22)(H,21,23). The van der Waals surface area contributed by atoms with E-state index in [4.69, 9.17) is 32.4 Å². The van der Waals surface area contributed by atoms with E-state index in [0.717, 1.165) is 11.3 Å². The Morgan fingerprint density at radius 1 is 1.12 bits per heavy atom. The summed E-state index contributed by atoms with van der Waals surface area (Å²) in [5.41, 5.74) is 5.05. The summed E-state index contributed by atoms with van der Waals surface area (Å²) in [5, 5.41) is 1.28. The summed E-state index contributed by atoms with van der Waals surface area (Å²) in [6.07, 6.45) is 0. The van der Waals surface area contributed by atoms with Crippen molar-refractivity contribution < 1.29 is 18.7 Å². The lowest BCUT2D eigenvalue weighted by Crippen LogP contribution is -2.41. The molecule has 9 heteroatoms. The molecular formula is C17H14Cl2N2O4S. The quantitative estimate of drug-likeness (QED) is 0.620. The number of halogens is 2. The molecule has 26 heavy (non-hydrogen) atoms. The molecule has 0 bridgehead atoms. The van der Waals surface area contributed by atoms with E-state index in [1.165, 1.54) is 7.11 Å². The summed E-state index contributed by atoms with van der Waals surface area (Å²) in [6.45, 7) is 3.40. The Hall–Kier alpha value is -2.22. The zero-order valence-corrected chi connectivity index (χ0v) is 16.4. The number of thiophene rings is 1. The maximum absolute atomic E-state index is 12.4. The second-order valence-corrected chi connectivity index (χ2v) is 7.22. The Morgan fingerprint density at radius 2 is 1.81 bits per heavy atom. The normalized spacial score (nSPS) is 10.8. The number of furan rings is 1. The predicted molar refractivity (Wildman–Crippen MR) is 102 cm³/mol. The van der Waals surface area contributed by atoms with Gasteiger partial charge >= 0.3 is 0 Å². The highest BCUT2D eigenvalue weighted by Crippen LogP contribution is 2.42. The smallest absolute Gasteiger partial charge is 0.281 e. The molecule has 0 spiro atoms. The minimum Gasteiger partial charge on any atom is -0.495 e. The Labute approximate surface area is 163 Å². The van der Waals surface area contributed by atoms with Crippen LogP contribution < -0.4 is 15.6 Å². The molecule has 2 aromatic heterocycles. The van der Waals surface area contributed by atoms with Gasteiger partial charge < -0.3 is 9.15 Å². The van der Waals surface area contributed by atoms with Crippen molar-refractivity contribution in [3.63, 3.8) is 0 Å². The summed E-state index contributed by atoms with van der Waals surface area (Å²) in [7, 11) is 1.50. The van der Waals surface area contributed by atoms with Crippen LogP contribution in [-0.2, 0) is 0 Å². The van der Waals surface area contributed by atoms with Gasteiger partial charge in [0.1, 0.15) is 27.2 Å². The third-order valence-electron chi connectivity index (χ3n) is 3.70. The number of carbonyl (C=O) groups is 2. The molecular weight excluding hydrogens is 399 g/mol. The summed E-state index contributed by atoms with van der Waals surface area (Å²) in [4.78, 5) is 24.8. The number of ether oxygens (including phenoxy) is 1. The molecule has 0 saturated carbocycles. The number of benzene rings is 1. The van der Waals surface area contributed by atoms with E-state index < -0.39 is 11.8 Å². The van der Waals surface area contributed by atoms with Gasteiger partial charge in [0.25, 0.3) is 11.8 Å². The van der Waals surface area contributed by atoms with Crippen LogP contribution >= 0.6 is 34.5 Å². The number of nitrogens with one attached hydrogen (secondary N) is 2. The van der Waals surface area contributed by atoms with Crippen LogP contribution in [0.2, 0.25) is 10.0 Å². The molecule has 2 heterocycles. The monoisotopic (exact) mass is 412 g/mol. The van der Waals surface area contributed by atoms with Gasteiger partial charge in [0.2, 0.25) is 0 Å². The average Bonchev–Trinajstić information content (AvgIpc) is 3.13. The molecule has 1 aromatic carbocycles. The number of hydrazine groups is 1. The first kappa shape index (κ1) is 18.6. The number of amides is 2. The van der Waals surface area contributed by atoms with Crippen molar-refractivity contribution in [2.24, 2.45) is 0 Å². The molecule has 136 valence electrons. The first-order chi connectivity index (χ1) is 12.3. The molecule has 2 N–H and O–H groups in total. The third kappa shape index (κ3) is 3.25. The molecule has 0 unspecified atom stereocenters. The highest BCUT2D eigenvalue weighted by molar-refractivity contribution is 7.22. The van der Waals surface area contributed by atoms with Crippen LogP contribution in [0.3, 0.4) is 0 Å². The van der Waals surface area contributed by atoms with Gasteiger partial charge in [-0.15, -0.1) is 11.3 Å². The van der Waals surface area contributed by atoms with Gasteiger partial charge in [-0.1, -0.05) is 23.2 Å². The van der Waals surface area contributed by atoms with Crippen LogP contribution in [-0.4, -0.2) is 18.9 Å². The zero-order valence-electron chi connectivity index (χ0n) is 14.0. The fourth-order valence-corrected chi connectivity index (χ4v) is 4.27. The van der Waals surface area contributed by atoms with Crippen molar-refractivity contribution in [3.8, 4) is 5.75 Å². The van der Waals surface area contributed by atoms with Crippen LogP contribution in [0.25, 0.3) is 10.1 Å². The van der Waals surface area contributed by atoms with Gasteiger partial charge in [-0.05, 0) is 32.0 Å². The van der Waals surface area contributed by atoms with E-state index in [9.17, 15) is 9.59 Å². The molecule has 6 nitrogen and oxygen atoms in total.